The Morgan fingerprint density at radius 2 is 2.12 bits per heavy atom. The molecular formula is C11H16N4O. The molecule has 1 rings (SSSR count). The minimum atomic E-state index is -0.0477. The second-order valence-corrected chi connectivity index (χ2v) is 3.69. The summed E-state index contributed by atoms with van der Waals surface area (Å²) in [5, 5.41) is 19.9. The summed E-state index contributed by atoms with van der Waals surface area (Å²) in [6.45, 7) is 6.27. The summed E-state index contributed by atoms with van der Waals surface area (Å²) >= 11 is 0. The van der Waals surface area contributed by atoms with E-state index in [4.69, 9.17) is 10.00 Å². The van der Waals surface area contributed by atoms with E-state index in [1.54, 1.807) is 0 Å². The van der Waals surface area contributed by atoms with Crippen molar-refractivity contribution in [2.45, 2.75) is 26.9 Å². The predicted octanol–water partition coefficient (Wildman–Crippen LogP) is 0.952. The van der Waals surface area contributed by atoms with Crippen molar-refractivity contribution in [3.63, 3.8) is 0 Å². The molecule has 0 aromatic carbocycles. The molecule has 16 heavy (non-hydrogen) atoms. The van der Waals surface area contributed by atoms with Crippen molar-refractivity contribution in [3.8, 4) is 11.9 Å². The fourth-order valence-electron chi connectivity index (χ4n) is 1.32. The molecule has 0 aliphatic carbocycles. The van der Waals surface area contributed by atoms with Gasteiger partial charge in [0.2, 0.25) is 0 Å². The van der Waals surface area contributed by atoms with Crippen molar-refractivity contribution in [1.29, 1.82) is 5.26 Å². The number of hydrogen-bond donors (Lipinski definition) is 1. The Hall–Kier alpha value is -1.67. The van der Waals surface area contributed by atoms with Gasteiger partial charge < -0.3 is 10.1 Å². The van der Waals surface area contributed by atoms with Crippen LogP contribution in [0, 0.1) is 25.2 Å². The number of nitrogens with one attached hydrogen (secondary N) is 1. The van der Waals surface area contributed by atoms with E-state index in [9.17, 15) is 0 Å². The largest absolute Gasteiger partial charge is 0.471 e. The fraction of sp³-hybridized carbons (Fsp3) is 0.545. The SMILES string of the molecule is CNCC(C)Oc1nnc(C)c(C)c1C#N. The molecule has 5 heteroatoms. The third-order valence-electron chi connectivity index (χ3n) is 2.34. The third-order valence-corrected chi connectivity index (χ3v) is 2.34. The Balaban J connectivity index is 2.97. The van der Waals surface area contributed by atoms with E-state index in [0.29, 0.717) is 18.0 Å². The number of aryl methyl sites for hydroxylation is 1. The van der Waals surface area contributed by atoms with Gasteiger partial charge in [-0.2, -0.15) is 10.4 Å². The molecule has 5 nitrogen and oxygen atoms in total. The second-order valence-electron chi connectivity index (χ2n) is 3.69. The molecule has 1 aromatic rings. The van der Waals surface area contributed by atoms with Crippen molar-refractivity contribution in [3.05, 3.63) is 16.8 Å². The van der Waals surface area contributed by atoms with E-state index in [2.05, 4.69) is 21.6 Å². The molecule has 1 aromatic heterocycles. The first-order valence-corrected chi connectivity index (χ1v) is 5.15. The van der Waals surface area contributed by atoms with Crippen LogP contribution in [0.2, 0.25) is 0 Å². The van der Waals surface area contributed by atoms with Crippen molar-refractivity contribution in [1.82, 2.24) is 15.5 Å². The molecule has 0 saturated carbocycles. The average molecular weight is 220 g/mol. The molecule has 1 heterocycles. The van der Waals surface area contributed by atoms with Gasteiger partial charge in [-0.05, 0) is 33.4 Å². The topological polar surface area (TPSA) is 70.8 Å². The van der Waals surface area contributed by atoms with Crippen LogP contribution in [-0.2, 0) is 0 Å². The molecule has 0 fully saturated rings. The summed E-state index contributed by atoms with van der Waals surface area (Å²) in [5.41, 5.74) is 2.05. The van der Waals surface area contributed by atoms with Crippen molar-refractivity contribution in [2.24, 2.45) is 0 Å². The van der Waals surface area contributed by atoms with E-state index in [0.717, 1.165) is 11.3 Å². The van der Waals surface area contributed by atoms with Gasteiger partial charge in [0.25, 0.3) is 5.88 Å². The highest BCUT2D eigenvalue weighted by Gasteiger charge is 2.14. The number of rotatable bonds is 4. The van der Waals surface area contributed by atoms with Crippen molar-refractivity contribution >= 4 is 0 Å². The van der Waals surface area contributed by atoms with Crippen molar-refractivity contribution < 1.29 is 4.74 Å². The molecular weight excluding hydrogens is 204 g/mol. The standard InChI is InChI=1S/C11H16N4O/c1-7(6-13-4)16-11-10(5-12)8(2)9(3)14-15-11/h7,13H,6H2,1-4H3. The van der Waals surface area contributed by atoms with Gasteiger partial charge in [-0.3, -0.25) is 0 Å². The highest BCUT2D eigenvalue weighted by Crippen LogP contribution is 2.19. The maximum atomic E-state index is 9.05. The summed E-state index contributed by atoms with van der Waals surface area (Å²) < 4.78 is 5.55. The lowest BCUT2D eigenvalue weighted by Gasteiger charge is -2.14. The minimum Gasteiger partial charge on any atom is -0.471 e. The first kappa shape index (κ1) is 12.4. The first-order valence-electron chi connectivity index (χ1n) is 5.15. The van der Waals surface area contributed by atoms with Crippen LogP contribution < -0.4 is 10.1 Å². The molecule has 0 bridgehead atoms. The lowest BCUT2D eigenvalue weighted by atomic mass is 10.1. The van der Waals surface area contributed by atoms with Crippen LogP contribution in [-0.4, -0.2) is 29.9 Å². The van der Waals surface area contributed by atoms with Crippen LogP contribution in [0.25, 0.3) is 0 Å². The Morgan fingerprint density at radius 3 is 2.69 bits per heavy atom. The monoisotopic (exact) mass is 220 g/mol. The maximum absolute atomic E-state index is 9.05. The van der Waals surface area contributed by atoms with Gasteiger partial charge in [0.05, 0.1) is 5.69 Å². The van der Waals surface area contributed by atoms with Crippen LogP contribution in [0.15, 0.2) is 0 Å². The van der Waals surface area contributed by atoms with Crippen LogP contribution in [0.4, 0.5) is 0 Å². The van der Waals surface area contributed by atoms with E-state index >= 15 is 0 Å². The number of nitrogens with zero attached hydrogens (tertiary/aromatic N) is 3. The van der Waals surface area contributed by atoms with Crippen LogP contribution in [0.1, 0.15) is 23.7 Å². The first-order chi connectivity index (χ1) is 7.60. The number of ether oxygens (including phenoxy) is 1. The Bertz CT molecular complexity index is 411. The van der Waals surface area contributed by atoms with E-state index in [-0.39, 0.29) is 6.10 Å². The van der Waals surface area contributed by atoms with E-state index in [1.165, 1.54) is 0 Å². The molecule has 1 atom stereocenters. The lowest BCUT2D eigenvalue weighted by Crippen LogP contribution is -2.27. The zero-order chi connectivity index (χ0) is 12.1. The van der Waals surface area contributed by atoms with Crippen LogP contribution in [0.3, 0.4) is 0 Å². The smallest absolute Gasteiger partial charge is 0.252 e. The molecule has 1 unspecified atom stereocenters. The molecule has 0 aliphatic rings. The third kappa shape index (κ3) is 2.67. The number of likely N-dealkylation sites (N-methyl/N-ethyl adjacent to an activating group) is 1. The second kappa shape index (κ2) is 5.42. The quantitative estimate of drug-likeness (QED) is 0.818. The molecule has 1 N–H and O–H groups in total. The van der Waals surface area contributed by atoms with Gasteiger partial charge in [-0.15, -0.1) is 5.10 Å². The lowest BCUT2D eigenvalue weighted by molar-refractivity contribution is 0.208. The highest BCUT2D eigenvalue weighted by molar-refractivity contribution is 5.44. The molecule has 0 saturated heterocycles. The fourth-order valence-corrected chi connectivity index (χ4v) is 1.32. The predicted molar refractivity (Wildman–Crippen MR) is 60.2 cm³/mol. The molecule has 86 valence electrons. The van der Waals surface area contributed by atoms with Gasteiger partial charge in [-0.25, -0.2) is 0 Å². The summed E-state index contributed by atoms with van der Waals surface area (Å²) in [7, 11) is 1.84. The zero-order valence-corrected chi connectivity index (χ0v) is 10.0. The summed E-state index contributed by atoms with van der Waals surface area (Å²) in [6, 6.07) is 2.10. The van der Waals surface area contributed by atoms with Gasteiger partial charge in [0, 0.05) is 6.54 Å². The molecule has 0 spiro atoms. The van der Waals surface area contributed by atoms with Gasteiger partial charge >= 0.3 is 0 Å². The molecule has 0 aliphatic heterocycles. The normalized spacial score (nSPS) is 11.9. The Labute approximate surface area is 95.4 Å². The minimum absolute atomic E-state index is 0.0477. The number of aromatic nitrogens is 2. The van der Waals surface area contributed by atoms with Crippen LogP contribution in [0.5, 0.6) is 5.88 Å². The zero-order valence-electron chi connectivity index (χ0n) is 10.0. The van der Waals surface area contributed by atoms with Crippen LogP contribution >= 0.6 is 0 Å². The summed E-state index contributed by atoms with van der Waals surface area (Å²) in [5.74, 6) is 0.313. The van der Waals surface area contributed by atoms with Gasteiger partial charge in [-0.1, -0.05) is 0 Å². The number of nitriles is 1. The summed E-state index contributed by atoms with van der Waals surface area (Å²) in [6.07, 6.45) is -0.0477. The highest BCUT2D eigenvalue weighted by atomic mass is 16.5. The average Bonchev–Trinajstić information content (AvgIpc) is 2.24. The van der Waals surface area contributed by atoms with Gasteiger partial charge in [0.1, 0.15) is 17.7 Å². The molecule has 0 radical (unpaired) electrons. The van der Waals surface area contributed by atoms with E-state index < -0.39 is 0 Å². The Morgan fingerprint density at radius 1 is 1.44 bits per heavy atom. The number of hydrogen-bond acceptors (Lipinski definition) is 5. The van der Waals surface area contributed by atoms with Crippen molar-refractivity contribution in [2.75, 3.05) is 13.6 Å². The Kier molecular flexibility index (Phi) is 4.20. The summed E-state index contributed by atoms with van der Waals surface area (Å²) in [4.78, 5) is 0. The van der Waals surface area contributed by atoms with Gasteiger partial charge in [0.15, 0.2) is 0 Å². The van der Waals surface area contributed by atoms with E-state index in [1.807, 2.05) is 27.8 Å². The molecule has 0 amide bonds. The maximum Gasteiger partial charge on any atom is 0.252 e.